The van der Waals surface area contributed by atoms with Crippen LogP contribution in [0.25, 0.3) is 0 Å². The smallest absolute Gasteiger partial charge is 0.0646 e. The van der Waals surface area contributed by atoms with E-state index >= 15 is 0 Å². The fourth-order valence-corrected chi connectivity index (χ4v) is 3.21. The largest absolute Gasteiger partial charge is 0.320 e. The maximum Gasteiger partial charge on any atom is 0.0646 e. The fourth-order valence-electron chi connectivity index (χ4n) is 1.76. The molecule has 1 aromatic carbocycles. The molecular formula is C15H18INS. The van der Waals surface area contributed by atoms with Crippen molar-refractivity contribution >= 4 is 33.9 Å². The third kappa shape index (κ3) is 3.13. The highest BCUT2D eigenvalue weighted by atomic mass is 127. The van der Waals surface area contributed by atoms with E-state index in [0.717, 1.165) is 0 Å². The second-order valence-electron chi connectivity index (χ2n) is 5.48. The molecule has 3 heteroatoms. The number of thiophene rings is 1. The molecule has 1 aromatic heterocycles. The van der Waals surface area contributed by atoms with E-state index in [1.165, 1.54) is 18.9 Å². The van der Waals surface area contributed by atoms with Crippen LogP contribution in [0, 0.1) is 3.57 Å². The van der Waals surface area contributed by atoms with Crippen LogP contribution < -0.4 is 5.73 Å². The third-order valence-corrected chi connectivity index (χ3v) is 5.21. The Morgan fingerprint density at radius 1 is 1.06 bits per heavy atom. The van der Waals surface area contributed by atoms with E-state index in [9.17, 15) is 0 Å². The molecule has 2 aromatic rings. The minimum atomic E-state index is -0.0110. The van der Waals surface area contributed by atoms with Gasteiger partial charge in [-0.2, -0.15) is 0 Å². The van der Waals surface area contributed by atoms with Gasteiger partial charge in [0.1, 0.15) is 0 Å². The van der Waals surface area contributed by atoms with Crippen LogP contribution in [0.5, 0.6) is 0 Å². The summed E-state index contributed by atoms with van der Waals surface area (Å²) in [5.41, 5.74) is 7.71. The Kier molecular flexibility index (Phi) is 4.14. The molecule has 0 aliphatic carbocycles. The van der Waals surface area contributed by atoms with Crippen molar-refractivity contribution in [2.45, 2.75) is 32.2 Å². The van der Waals surface area contributed by atoms with Crippen molar-refractivity contribution in [1.29, 1.82) is 0 Å². The number of hydrogen-bond donors (Lipinski definition) is 1. The Bertz CT molecular complexity index is 522. The quantitative estimate of drug-likeness (QED) is 0.761. The summed E-state index contributed by atoms with van der Waals surface area (Å²) in [7, 11) is 0. The summed E-state index contributed by atoms with van der Waals surface area (Å²) in [5.74, 6) is 0. The molecule has 1 heterocycles. The normalized spacial score (nSPS) is 13.6. The molecule has 0 saturated carbocycles. The van der Waals surface area contributed by atoms with Gasteiger partial charge in [0.15, 0.2) is 0 Å². The van der Waals surface area contributed by atoms with Gasteiger partial charge in [-0.3, -0.25) is 0 Å². The molecule has 0 fully saturated rings. The van der Waals surface area contributed by atoms with Crippen LogP contribution in [0.4, 0.5) is 0 Å². The standard InChI is InChI=1S/C15H18INS/c1-15(2,3)13-9-8-12(18-13)14(17)10-4-6-11(16)7-5-10/h4-9,14H,17H2,1-3H3. The van der Waals surface area contributed by atoms with E-state index in [0.29, 0.717) is 0 Å². The van der Waals surface area contributed by atoms with Gasteiger partial charge in [0, 0.05) is 13.3 Å². The van der Waals surface area contributed by atoms with Gasteiger partial charge >= 0.3 is 0 Å². The summed E-state index contributed by atoms with van der Waals surface area (Å²) in [6, 6.07) is 12.8. The molecule has 0 bridgehead atoms. The summed E-state index contributed by atoms with van der Waals surface area (Å²) in [6.07, 6.45) is 0. The molecule has 1 unspecified atom stereocenters. The van der Waals surface area contributed by atoms with Gasteiger partial charge in [0.05, 0.1) is 6.04 Å². The van der Waals surface area contributed by atoms with Crippen LogP contribution in [0.1, 0.15) is 42.1 Å². The SMILES string of the molecule is CC(C)(C)c1ccc(C(N)c2ccc(I)cc2)s1. The summed E-state index contributed by atoms with van der Waals surface area (Å²) in [6.45, 7) is 6.71. The second kappa shape index (κ2) is 5.31. The topological polar surface area (TPSA) is 26.0 Å². The second-order valence-corrected chi connectivity index (χ2v) is 7.84. The lowest BCUT2D eigenvalue weighted by Crippen LogP contribution is -2.10. The zero-order valence-electron chi connectivity index (χ0n) is 10.9. The predicted octanol–water partition coefficient (Wildman–Crippen LogP) is 4.70. The Morgan fingerprint density at radius 2 is 1.67 bits per heavy atom. The molecule has 2 N–H and O–H groups in total. The molecule has 0 amide bonds. The van der Waals surface area contributed by atoms with Gasteiger partial charge in [-0.25, -0.2) is 0 Å². The van der Waals surface area contributed by atoms with Gasteiger partial charge < -0.3 is 5.73 Å². The molecule has 1 atom stereocenters. The van der Waals surface area contributed by atoms with Crippen molar-refractivity contribution < 1.29 is 0 Å². The summed E-state index contributed by atoms with van der Waals surface area (Å²) in [5, 5.41) is 0. The fraction of sp³-hybridized carbons (Fsp3) is 0.333. The Labute approximate surface area is 127 Å². The number of halogens is 1. The first kappa shape index (κ1) is 14.0. The molecule has 0 spiro atoms. The highest BCUT2D eigenvalue weighted by Gasteiger charge is 2.18. The molecule has 2 rings (SSSR count). The summed E-state index contributed by atoms with van der Waals surface area (Å²) >= 11 is 4.13. The van der Waals surface area contributed by atoms with Crippen LogP contribution >= 0.6 is 33.9 Å². The average molecular weight is 371 g/mol. The van der Waals surface area contributed by atoms with Crippen LogP contribution in [-0.4, -0.2) is 0 Å². The van der Waals surface area contributed by atoms with Crippen molar-refractivity contribution in [3.05, 3.63) is 55.3 Å². The highest BCUT2D eigenvalue weighted by Crippen LogP contribution is 2.33. The van der Waals surface area contributed by atoms with Gasteiger partial charge in [0.25, 0.3) is 0 Å². The highest BCUT2D eigenvalue weighted by molar-refractivity contribution is 14.1. The molecule has 0 radical (unpaired) electrons. The maximum atomic E-state index is 6.33. The maximum absolute atomic E-state index is 6.33. The van der Waals surface area contributed by atoms with Crippen LogP contribution in [0.15, 0.2) is 36.4 Å². The monoisotopic (exact) mass is 371 g/mol. The van der Waals surface area contributed by atoms with Crippen molar-refractivity contribution in [3.8, 4) is 0 Å². The molecular weight excluding hydrogens is 353 g/mol. The van der Waals surface area contributed by atoms with Crippen LogP contribution in [0.2, 0.25) is 0 Å². The average Bonchev–Trinajstić information content (AvgIpc) is 2.78. The van der Waals surface area contributed by atoms with Crippen molar-refractivity contribution in [1.82, 2.24) is 0 Å². The lowest BCUT2D eigenvalue weighted by molar-refractivity contribution is 0.604. The molecule has 18 heavy (non-hydrogen) atoms. The number of hydrogen-bond acceptors (Lipinski definition) is 2. The van der Waals surface area contributed by atoms with E-state index in [1.807, 2.05) is 11.3 Å². The lowest BCUT2D eigenvalue weighted by atomic mass is 9.95. The van der Waals surface area contributed by atoms with Gasteiger partial charge in [-0.15, -0.1) is 11.3 Å². The van der Waals surface area contributed by atoms with E-state index in [4.69, 9.17) is 5.73 Å². The van der Waals surface area contributed by atoms with E-state index in [1.54, 1.807) is 0 Å². The lowest BCUT2D eigenvalue weighted by Gasteiger charge is -2.16. The number of benzene rings is 1. The van der Waals surface area contributed by atoms with Crippen molar-refractivity contribution in [2.24, 2.45) is 5.73 Å². The van der Waals surface area contributed by atoms with Gasteiger partial charge in [-0.1, -0.05) is 32.9 Å². The Hall–Kier alpha value is -0.390. The molecule has 0 saturated heterocycles. The first-order valence-electron chi connectivity index (χ1n) is 5.99. The van der Waals surface area contributed by atoms with E-state index in [-0.39, 0.29) is 11.5 Å². The molecule has 0 aliphatic rings. The van der Waals surface area contributed by atoms with Crippen molar-refractivity contribution in [2.75, 3.05) is 0 Å². The van der Waals surface area contributed by atoms with Gasteiger partial charge in [-0.05, 0) is 57.8 Å². The van der Waals surface area contributed by atoms with Gasteiger partial charge in [0.2, 0.25) is 0 Å². The Balaban J connectivity index is 2.26. The summed E-state index contributed by atoms with van der Waals surface area (Å²) < 4.78 is 1.24. The molecule has 0 aliphatic heterocycles. The zero-order chi connectivity index (χ0) is 13.3. The van der Waals surface area contributed by atoms with E-state index in [2.05, 4.69) is 79.8 Å². The van der Waals surface area contributed by atoms with E-state index < -0.39 is 0 Å². The molecule has 96 valence electrons. The molecule has 1 nitrogen and oxygen atoms in total. The van der Waals surface area contributed by atoms with Crippen LogP contribution in [0.3, 0.4) is 0 Å². The minimum absolute atomic E-state index is 0.0110. The van der Waals surface area contributed by atoms with Crippen LogP contribution in [-0.2, 0) is 5.41 Å². The van der Waals surface area contributed by atoms with Crippen molar-refractivity contribution in [3.63, 3.8) is 0 Å². The number of rotatable bonds is 2. The zero-order valence-corrected chi connectivity index (χ0v) is 13.9. The summed E-state index contributed by atoms with van der Waals surface area (Å²) in [4.78, 5) is 2.62. The Morgan fingerprint density at radius 3 is 2.17 bits per heavy atom. The first-order chi connectivity index (χ1) is 8.38. The minimum Gasteiger partial charge on any atom is -0.320 e. The third-order valence-electron chi connectivity index (χ3n) is 2.90. The first-order valence-corrected chi connectivity index (χ1v) is 7.89. The predicted molar refractivity (Wildman–Crippen MR) is 88.2 cm³/mol. The number of nitrogens with two attached hydrogens (primary N) is 1.